The van der Waals surface area contributed by atoms with Crippen molar-refractivity contribution in [2.24, 2.45) is 5.92 Å². The van der Waals surface area contributed by atoms with Gasteiger partial charge in [0, 0.05) is 18.0 Å². The minimum absolute atomic E-state index is 0.265. The number of ether oxygens (including phenoxy) is 1. The molecule has 0 saturated heterocycles. The fourth-order valence-corrected chi connectivity index (χ4v) is 2.62. The summed E-state index contributed by atoms with van der Waals surface area (Å²) in [6.07, 6.45) is 2.62. The number of hydrogen-bond acceptors (Lipinski definition) is 4. The Balaban J connectivity index is 2.45. The van der Waals surface area contributed by atoms with Gasteiger partial charge in [0.2, 0.25) is 0 Å². The number of aliphatic hydroxyl groups is 1. The van der Waals surface area contributed by atoms with Crippen molar-refractivity contribution in [1.82, 2.24) is 5.32 Å². The summed E-state index contributed by atoms with van der Waals surface area (Å²) >= 11 is 1.68. The first-order valence-corrected chi connectivity index (χ1v) is 7.89. The van der Waals surface area contributed by atoms with Gasteiger partial charge in [-0.05, 0) is 36.3 Å². The van der Waals surface area contributed by atoms with Crippen LogP contribution in [0.2, 0.25) is 0 Å². The van der Waals surface area contributed by atoms with Crippen molar-refractivity contribution in [2.75, 3.05) is 19.9 Å². The van der Waals surface area contributed by atoms with Gasteiger partial charge in [0.05, 0.1) is 13.2 Å². The number of thioether (sulfide) groups is 1. The van der Waals surface area contributed by atoms with Gasteiger partial charge < -0.3 is 15.2 Å². The van der Waals surface area contributed by atoms with Crippen molar-refractivity contribution in [1.29, 1.82) is 0 Å². The van der Waals surface area contributed by atoms with E-state index in [1.165, 1.54) is 5.56 Å². The van der Waals surface area contributed by atoms with Crippen LogP contribution < -0.4 is 10.1 Å². The van der Waals surface area contributed by atoms with Crippen molar-refractivity contribution in [2.45, 2.75) is 37.8 Å². The van der Waals surface area contributed by atoms with Gasteiger partial charge in [-0.15, -0.1) is 11.8 Å². The monoisotopic (exact) mass is 283 g/mol. The van der Waals surface area contributed by atoms with E-state index in [9.17, 15) is 5.11 Å². The quantitative estimate of drug-likeness (QED) is 0.720. The lowest BCUT2D eigenvalue weighted by Gasteiger charge is -2.14. The molecule has 0 radical (unpaired) electrons. The normalized spacial score (nSPS) is 12.7. The number of hydrogen-bond donors (Lipinski definition) is 2. The molecule has 0 heterocycles. The molecule has 2 N–H and O–H groups in total. The predicted octanol–water partition coefficient (Wildman–Crippen LogP) is 2.91. The van der Waals surface area contributed by atoms with E-state index >= 15 is 0 Å². The summed E-state index contributed by atoms with van der Waals surface area (Å²) in [6.45, 7) is 5.65. The van der Waals surface area contributed by atoms with E-state index in [-0.39, 0.29) is 6.10 Å². The minimum Gasteiger partial charge on any atom is -0.496 e. The Labute approximate surface area is 120 Å². The molecule has 1 rings (SSSR count). The summed E-state index contributed by atoms with van der Waals surface area (Å²) in [6, 6.07) is 6.18. The topological polar surface area (TPSA) is 41.5 Å². The summed E-state index contributed by atoms with van der Waals surface area (Å²) in [4.78, 5) is 1.14. The highest BCUT2D eigenvalue weighted by Crippen LogP contribution is 2.28. The van der Waals surface area contributed by atoms with Gasteiger partial charge in [-0.25, -0.2) is 0 Å². The second-order valence-corrected chi connectivity index (χ2v) is 5.95. The Kier molecular flexibility index (Phi) is 7.28. The van der Waals surface area contributed by atoms with E-state index in [0.717, 1.165) is 23.6 Å². The summed E-state index contributed by atoms with van der Waals surface area (Å²) in [5.74, 6) is 1.44. The van der Waals surface area contributed by atoms with E-state index in [1.807, 2.05) is 12.3 Å². The van der Waals surface area contributed by atoms with Gasteiger partial charge in [0.1, 0.15) is 5.75 Å². The van der Waals surface area contributed by atoms with Crippen LogP contribution in [0.5, 0.6) is 5.75 Å². The van der Waals surface area contributed by atoms with Crippen LogP contribution in [0, 0.1) is 5.92 Å². The van der Waals surface area contributed by atoms with Crippen molar-refractivity contribution in [3.63, 3.8) is 0 Å². The lowest BCUT2D eigenvalue weighted by molar-refractivity contribution is 0.146. The molecule has 4 heteroatoms. The smallest absolute Gasteiger partial charge is 0.132 e. The van der Waals surface area contributed by atoms with Crippen LogP contribution in [0.3, 0.4) is 0 Å². The number of benzene rings is 1. The zero-order chi connectivity index (χ0) is 14.3. The van der Waals surface area contributed by atoms with Gasteiger partial charge in [-0.1, -0.05) is 19.9 Å². The Morgan fingerprint density at radius 3 is 2.68 bits per heavy atom. The van der Waals surface area contributed by atoms with Gasteiger partial charge in [-0.2, -0.15) is 0 Å². The molecule has 0 bridgehead atoms. The molecular weight excluding hydrogens is 258 g/mol. The van der Waals surface area contributed by atoms with E-state index < -0.39 is 0 Å². The van der Waals surface area contributed by atoms with Gasteiger partial charge in [-0.3, -0.25) is 0 Å². The zero-order valence-corrected chi connectivity index (χ0v) is 13.1. The van der Waals surface area contributed by atoms with Crippen LogP contribution in [0.1, 0.15) is 25.8 Å². The summed E-state index contributed by atoms with van der Waals surface area (Å²) in [7, 11) is 1.69. The maximum Gasteiger partial charge on any atom is 0.132 e. The van der Waals surface area contributed by atoms with E-state index in [4.69, 9.17) is 4.74 Å². The molecule has 0 fully saturated rings. The Bertz CT molecular complexity index is 382. The highest BCUT2D eigenvalue weighted by molar-refractivity contribution is 7.98. The second-order valence-electron chi connectivity index (χ2n) is 5.10. The van der Waals surface area contributed by atoms with Crippen molar-refractivity contribution >= 4 is 11.8 Å². The Hall–Kier alpha value is -0.710. The van der Waals surface area contributed by atoms with Crippen LogP contribution >= 0.6 is 11.8 Å². The maximum atomic E-state index is 9.79. The maximum absolute atomic E-state index is 9.79. The largest absolute Gasteiger partial charge is 0.496 e. The molecule has 1 atom stereocenters. The molecule has 0 aliphatic carbocycles. The first kappa shape index (κ1) is 16.3. The fourth-order valence-electron chi connectivity index (χ4n) is 2.00. The average molecular weight is 283 g/mol. The molecule has 1 aromatic rings. The van der Waals surface area contributed by atoms with E-state index in [2.05, 4.69) is 31.3 Å². The summed E-state index contributed by atoms with van der Waals surface area (Å²) < 4.78 is 5.30. The second kappa shape index (κ2) is 8.46. The molecule has 108 valence electrons. The van der Waals surface area contributed by atoms with Crippen LogP contribution in [0.4, 0.5) is 0 Å². The van der Waals surface area contributed by atoms with Crippen LogP contribution in [0.25, 0.3) is 0 Å². The Morgan fingerprint density at radius 1 is 1.37 bits per heavy atom. The molecule has 19 heavy (non-hydrogen) atoms. The summed E-state index contributed by atoms with van der Waals surface area (Å²) in [5, 5.41) is 13.1. The fraction of sp³-hybridized carbons (Fsp3) is 0.600. The molecule has 3 nitrogen and oxygen atoms in total. The van der Waals surface area contributed by atoms with Crippen molar-refractivity contribution < 1.29 is 9.84 Å². The molecule has 0 aliphatic heterocycles. The molecule has 1 aromatic carbocycles. The number of rotatable bonds is 8. The predicted molar refractivity (Wildman–Crippen MR) is 81.9 cm³/mol. The molecule has 0 aliphatic rings. The van der Waals surface area contributed by atoms with E-state index in [1.54, 1.807) is 18.9 Å². The molecule has 0 aromatic heterocycles. The SMILES string of the molecule is COc1ccc(CNCC(O)CC(C)C)cc1SC. The van der Waals surface area contributed by atoms with Crippen LogP contribution in [-0.4, -0.2) is 31.1 Å². The number of methoxy groups -OCH3 is 1. The molecule has 0 amide bonds. The zero-order valence-electron chi connectivity index (χ0n) is 12.3. The molecule has 1 unspecified atom stereocenters. The third-order valence-electron chi connectivity index (χ3n) is 2.90. The average Bonchev–Trinajstić information content (AvgIpc) is 2.37. The lowest BCUT2D eigenvalue weighted by Crippen LogP contribution is -2.27. The van der Waals surface area contributed by atoms with Crippen LogP contribution in [0.15, 0.2) is 23.1 Å². The third kappa shape index (κ3) is 5.85. The first-order valence-electron chi connectivity index (χ1n) is 6.66. The standard InChI is InChI=1S/C15H25NO2S/c1-11(2)7-13(17)10-16-9-12-5-6-14(18-3)15(8-12)19-4/h5-6,8,11,13,16-17H,7,9-10H2,1-4H3. The van der Waals surface area contributed by atoms with Gasteiger partial charge in [0.25, 0.3) is 0 Å². The highest BCUT2D eigenvalue weighted by Gasteiger charge is 2.07. The van der Waals surface area contributed by atoms with Crippen LogP contribution in [-0.2, 0) is 6.54 Å². The Morgan fingerprint density at radius 2 is 2.11 bits per heavy atom. The summed E-state index contributed by atoms with van der Waals surface area (Å²) in [5.41, 5.74) is 1.21. The highest BCUT2D eigenvalue weighted by atomic mass is 32.2. The third-order valence-corrected chi connectivity index (χ3v) is 3.66. The van der Waals surface area contributed by atoms with Gasteiger partial charge in [0.15, 0.2) is 0 Å². The van der Waals surface area contributed by atoms with E-state index in [0.29, 0.717) is 12.5 Å². The molecule has 0 spiro atoms. The number of nitrogens with one attached hydrogen (secondary N) is 1. The van der Waals surface area contributed by atoms with Crippen molar-refractivity contribution in [3.05, 3.63) is 23.8 Å². The first-order chi connectivity index (χ1) is 9.06. The lowest BCUT2D eigenvalue weighted by atomic mass is 10.1. The van der Waals surface area contributed by atoms with Gasteiger partial charge >= 0.3 is 0 Å². The minimum atomic E-state index is -0.265. The molecule has 0 saturated carbocycles. The molecular formula is C15H25NO2S. The number of aliphatic hydroxyl groups excluding tert-OH is 1. The van der Waals surface area contributed by atoms with Crippen molar-refractivity contribution in [3.8, 4) is 5.75 Å².